The predicted octanol–water partition coefficient (Wildman–Crippen LogP) is 5.17. The molecular formula is C26H25NO2. The number of rotatable bonds is 2. The monoisotopic (exact) mass is 383 g/mol. The van der Waals surface area contributed by atoms with Gasteiger partial charge in [-0.15, -0.1) is 0 Å². The van der Waals surface area contributed by atoms with Crippen LogP contribution in [-0.2, 0) is 9.59 Å². The van der Waals surface area contributed by atoms with E-state index in [1.807, 2.05) is 6.08 Å². The van der Waals surface area contributed by atoms with Gasteiger partial charge in [0.05, 0.1) is 11.8 Å². The zero-order chi connectivity index (χ0) is 19.7. The van der Waals surface area contributed by atoms with Crippen LogP contribution in [0.15, 0.2) is 49.1 Å². The summed E-state index contributed by atoms with van der Waals surface area (Å²) in [5.41, 5.74) is 3.57. The second kappa shape index (κ2) is 6.16. The van der Waals surface area contributed by atoms with Crippen molar-refractivity contribution in [1.82, 2.24) is 4.90 Å². The summed E-state index contributed by atoms with van der Waals surface area (Å²) in [5.74, 6) is -0.362. The van der Waals surface area contributed by atoms with E-state index in [4.69, 9.17) is 0 Å². The summed E-state index contributed by atoms with van der Waals surface area (Å²) in [7, 11) is 0. The molecule has 0 unspecified atom stereocenters. The van der Waals surface area contributed by atoms with E-state index in [-0.39, 0.29) is 41.5 Å². The molecule has 1 saturated carbocycles. The van der Waals surface area contributed by atoms with Crippen molar-refractivity contribution in [1.29, 1.82) is 0 Å². The molecule has 3 nitrogen and oxygen atoms in total. The number of amides is 2. The van der Waals surface area contributed by atoms with Gasteiger partial charge in [0.15, 0.2) is 0 Å². The molecule has 2 bridgehead atoms. The van der Waals surface area contributed by atoms with Crippen molar-refractivity contribution in [3.05, 3.63) is 65.8 Å². The maximum atomic E-state index is 13.6. The van der Waals surface area contributed by atoms with E-state index in [9.17, 15) is 9.59 Å². The van der Waals surface area contributed by atoms with Crippen LogP contribution in [-0.4, -0.2) is 22.8 Å². The lowest BCUT2D eigenvalue weighted by Gasteiger charge is -2.41. The summed E-state index contributed by atoms with van der Waals surface area (Å²) in [6, 6.07) is 10.7. The van der Waals surface area contributed by atoms with Crippen LogP contribution in [0.5, 0.6) is 0 Å². The number of imide groups is 1. The molecule has 2 aromatic carbocycles. The van der Waals surface area contributed by atoms with Crippen molar-refractivity contribution in [3.8, 4) is 0 Å². The molecule has 4 atom stereocenters. The van der Waals surface area contributed by atoms with Gasteiger partial charge in [-0.2, -0.15) is 0 Å². The molecule has 2 aromatic rings. The van der Waals surface area contributed by atoms with Crippen LogP contribution in [0.3, 0.4) is 0 Å². The van der Waals surface area contributed by atoms with E-state index >= 15 is 0 Å². The average Bonchev–Trinajstić information content (AvgIpc) is 3.04. The van der Waals surface area contributed by atoms with Gasteiger partial charge in [-0.25, -0.2) is 0 Å². The number of benzene rings is 2. The zero-order valence-electron chi connectivity index (χ0n) is 16.5. The first-order valence-electron chi connectivity index (χ1n) is 10.9. The predicted molar refractivity (Wildman–Crippen MR) is 114 cm³/mol. The number of nitrogens with zero attached hydrogens (tertiary/aromatic N) is 1. The van der Waals surface area contributed by atoms with Gasteiger partial charge in [-0.3, -0.25) is 14.5 Å². The minimum atomic E-state index is -0.244. The smallest absolute Gasteiger partial charge is 0.234 e. The molecule has 2 amide bonds. The fourth-order valence-corrected chi connectivity index (χ4v) is 6.52. The zero-order valence-corrected chi connectivity index (χ0v) is 16.5. The molecule has 0 aromatic heterocycles. The van der Waals surface area contributed by atoms with Gasteiger partial charge in [0.25, 0.3) is 0 Å². The number of likely N-dealkylation sites (tertiary alicyclic amines) is 1. The molecule has 3 heteroatoms. The first-order chi connectivity index (χ1) is 14.2. The fraction of sp³-hybridized carbons (Fsp3) is 0.385. The largest absolute Gasteiger partial charge is 0.279 e. The number of hydrogen-bond acceptors (Lipinski definition) is 2. The van der Waals surface area contributed by atoms with Gasteiger partial charge in [0, 0.05) is 17.9 Å². The molecular weight excluding hydrogens is 358 g/mol. The van der Waals surface area contributed by atoms with Crippen LogP contribution in [0.25, 0.3) is 16.8 Å². The Labute approximate surface area is 171 Å². The molecule has 0 N–H and O–H groups in total. The quantitative estimate of drug-likeness (QED) is 0.530. The fourth-order valence-electron chi connectivity index (χ4n) is 6.52. The molecule has 2 fully saturated rings. The molecule has 0 radical (unpaired) electrons. The third-order valence-electron chi connectivity index (χ3n) is 7.73. The lowest BCUT2D eigenvalue weighted by Crippen LogP contribution is -2.42. The van der Waals surface area contributed by atoms with Gasteiger partial charge in [0.1, 0.15) is 0 Å². The second-order valence-corrected chi connectivity index (χ2v) is 9.04. The van der Waals surface area contributed by atoms with E-state index in [0.29, 0.717) is 0 Å². The summed E-state index contributed by atoms with van der Waals surface area (Å²) in [6.07, 6.45) is 11.7. The van der Waals surface area contributed by atoms with Gasteiger partial charge < -0.3 is 0 Å². The molecule has 29 heavy (non-hydrogen) atoms. The number of carbonyl (C=O) groups is 2. The first-order valence-corrected chi connectivity index (χ1v) is 10.9. The Kier molecular flexibility index (Phi) is 3.65. The van der Waals surface area contributed by atoms with E-state index in [1.165, 1.54) is 28.3 Å². The molecule has 0 spiro atoms. The Balaban J connectivity index is 1.52. The van der Waals surface area contributed by atoms with E-state index in [2.05, 4.69) is 49.1 Å². The Morgan fingerprint density at radius 2 is 1.62 bits per heavy atom. The molecule has 5 aliphatic rings. The third-order valence-corrected chi connectivity index (χ3v) is 7.73. The Bertz CT molecular complexity index is 1090. The summed E-state index contributed by atoms with van der Waals surface area (Å²) < 4.78 is 0. The minimum Gasteiger partial charge on any atom is -0.279 e. The van der Waals surface area contributed by atoms with Gasteiger partial charge in [0.2, 0.25) is 11.8 Å². The first kappa shape index (κ1) is 17.2. The van der Waals surface area contributed by atoms with E-state index in [1.54, 1.807) is 4.90 Å². The topological polar surface area (TPSA) is 37.4 Å². The number of fused-ring (bicyclic) bond motifs is 1. The van der Waals surface area contributed by atoms with Gasteiger partial charge >= 0.3 is 0 Å². The number of carbonyl (C=O) groups excluding carboxylic acids is 2. The Morgan fingerprint density at radius 3 is 2.38 bits per heavy atom. The maximum Gasteiger partial charge on any atom is 0.234 e. The standard InChI is InChI=1S/C26H25NO2/c1-2-17-18-11-7-6-8-15(18)14-21-19-12-13-20(22(17)21)24-23(19)25(28)27(26(24)29)16-9-4-3-5-10-16/h2,6-8,11-14,16,19-20,23-24H,1,3-5,9-10H2/t19-,20+,23+,24-/m1/s1. The lowest BCUT2D eigenvalue weighted by atomic mass is 9.59. The van der Waals surface area contributed by atoms with Crippen molar-refractivity contribution >= 4 is 28.7 Å². The normalized spacial score (nSPS) is 30.7. The molecule has 4 aliphatic carbocycles. The highest BCUT2D eigenvalue weighted by Gasteiger charge is 2.59. The number of hydrogen-bond donors (Lipinski definition) is 0. The van der Waals surface area contributed by atoms with Crippen LogP contribution < -0.4 is 0 Å². The van der Waals surface area contributed by atoms with Crippen LogP contribution in [0.1, 0.15) is 60.6 Å². The van der Waals surface area contributed by atoms with E-state index < -0.39 is 0 Å². The highest BCUT2D eigenvalue weighted by atomic mass is 16.2. The highest BCUT2D eigenvalue weighted by molar-refractivity contribution is 6.08. The van der Waals surface area contributed by atoms with Crippen LogP contribution >= 0.6 is 0 Å². The summed E-state index contributed by atoms with van der Waals surface area (Å²) >= 11 is 0. The van der Waals surface area contributed by atoms with Crippen LogP contribution in [0, 0.1) is 11.8 Å². The van der Waals surface area contributed by atoms with Crippen LogP contribution in [0.2, 0.25) is 0 Å². The van der Waals surface area contributed by atoms with Crippen LogP contribution in [0.4, 0.5) is 0 Å². The van der Waals surface area contributed by atoms with Crippen molar-refractivity contribution in [3.63, 3.8) is 0 Å². The minimum absolute atomic E-state index is 0.00616. The lowest BCUT2D eigenvalue weighted by molar-refractivity contribution is -0.143. The average molecular weight is 383 g/mol. The van der Waals surface area contributed by atoms with Gasteiger partial charge in [-0.1, -0.05) is 74.4 Å². The second-order valence-electron chi connectivity index (χ2n) is 9.04. The Hall–Kier alpha value is -2.68. The third kappa shape index (κ3) is 2.19. The van der Waals surface area contributed by atoms with Gasteiger partial charge in [-0.05, 0) is 40.3 Å². The van der Waals surface area contributed by atoms with Crippen molar-refractivity contribution in [2.45, 2.75) is 50.0 Å². The Morgan fingerprint density at radius 1 is 0.931 bits per heavy atom. The maximum absolute atomic E-state index is 13.6. The molecule has 146 valence electrons. The van der Waals surface area contributed by atoms with Crippen molar-refractivity contribution < 1.29 is 9.59 Å². The number of allylic oxidation sites excluding steroid dienone is 2. The molecule has 1 aliphatic heterocycles. The molecule has 1 heterocycles. The van der Waals surface area contributed by atoms with E-state index in [0.717, 1.165) is 31.2 Å². The van der Waals surface area contributed by atoms with Crippen molar-refractivity contribution in [2.75, 3.05) is 0 Å². The SMILES string of the molecule is C=Cc1c2c(cc3ccccc13)[C@H]1C=C[C@@H]2[C@H]2C(=O)N(C3CCCCC3)C(=O)[C@H]21. The highest BCUT2D eigenvalue weighted by Crippen LogP contribution is 2.58. The van der Waals surface area contributed by atoms with Crippen molar-refractivity contribution in [2.24, 2.45) is 11.8 Å². The summed E-state index contributed by atoms with van der Waals surface area (Å²) in [4.78, 5) is 28.8. The molecule has 7 rings (SSSR count). The summed E-state index contributed by atoms with van der Waals surface area (Å²) in [5, 5.41) is 2.36. The molecule has 1 saturated heterocycles. The summed E-state index contributed by atoms with van der Waals surface area (Å²) in [6.45, 7) is 4.09.